The van der Waals surface area contributed by atoms with E-state index in [1.807, 2.05) is 6.07 Å². The Balaban J connectivity index is 2.33. The number of hydrogen-bond donors (Lipinski definition) is 1. The van der Waals surface area contributed by atoms with Crippen LogP contribution in [0.5, 0.6) is 0 Å². The van der Waals surface area contributed by atoms with E-state index in [9.17, 15) is 4.79 Å². The molecule has 2 heterocycles. The summed E-state index contributed by atoms with van der Waals surface area (Å²) in [5.74, 6) is 0. The van der Waals surface area contributed by atoms with Crippen LogP contribution in [0.3, 0.4) is 0 Å². The number of rotatable bonds is 1. The second-order valence-electron chi connectivity index (χ2n) is 4.28. The molecule has 4 heteroatoms. The fraction of sp³-hybridized carbons (Fsp3) is 0.500. The van der Waals surface area contributed by atoms with Crippen LogP contribution in [0.1, 0.15) is 36.4 Å². The molecule has 1 aromatic heterocycles. The van der Waals surface area contributed by atoms with Gasteiger partial charge in [0, 0.05) is 12.2 Å². The first kappa shape index (κ1) is 10.9. The maximum atomic E-state index is 11.3. The molecular formula is C12H15N3O. The molecule has 0 radical (unpaired) electrons. The maximum Gasteiger partial charge on any atom is 0.265 e. The number of nitrogens with zero attached hydrogens (tertiary/aromatic N) is 2. The van der Waals surface area contributed by atoms with Crippen LogP contribution in [-0.4, -0.2) is 23.5 Å². The normalized spacial score (nSPS) is 21.6. The van der Waals surface area contributed by atoms with Crippen molar-refractivity contribution in [2.24, 2.45) is 0 Å². The minimum absolute atomic E-state index is 0.205. The number of H-pyrrole nitrogens is 1. The number of nitrogens with one attached hydrogen (secondary N) is 1. The summed E-state index contributed by atoms with van der Waals surface area (Å²) < 4.78 is 0. The third-order valence-electron chi connectivity index (χ3n) is 3.20. The second-order valence-corrected chi connectivity index (χ2v) is 4.28. The molecule has 0 bridgehead atoms. The van der Waals surface area contributed by atoms with Gasteiger partial charge in [-0.3, -0.25) is 9.69 Å². The summed E-state index contributed by atoms with van der Waals surface area (Å²) in [6.07, 6.45) is 5.25. The van der Waals surface area contributed by atoms with E-state index in [-0.39, 0.29) is 11.1 Å². The monoisotopic (exact) mass is 217 g/mol. The topological polar surface area (TPSA) is 59.9 Å². The molecule has 0 aliphatic carbocycles. The van der Waals surface area contributed by atoms with E-state index < -0.39 is 0 Å². The number of hydrogen-bond acceptors (Lipinski definition) is 3. The molecule has 0 aromatic carbocycles. The van der Waals surface area contributed by atoms with Crippen molar-refractivity contribution in [3.05, 3.63) is 33.7 Å². The van der Waals surface area contributed by atoms with Gasteiger partial charge in [-0.1, -0.05) is 6.42 Å². The van der Waals surface area contributed by atoms with Crippen molar-refractivity contribution in [1.82, 2.24) is 9.88 Å². The molecule has 1 aromatic rings. The van der Waals surface area contributed by atoms with Gasteiger partial charge in [0.25, 0.3) is 5.56 Å². The molecule has 0 amide bonds. The highest BCUT2D eigenvalue weighted by Crippen LogP contribution is 2.28. The third-order valence-corrected chi connectivity index (χ3v) is 3.20. The average molecular weight is 217 g/mol. The molecule has 2 rings (SSSR count). The molecule has 1 N–H and O–H groups in total. The summed E-state index contributed by atoms with van der Waals surface area (Å²) in [6, 6.07) is 3.97. The van der Waals surface area contributed by atoms with Crippen molar-refractivity contribution in [3.8, 4) is 6.07 Å². The Bertz CT molecular complexity index is 472. The van der Waals surface area contributed by atoms with E-state index in [4.69, 9.17) is 5.26 Å². The summed E-state index contributed by atoms with van der Waals surface area (Å²) in [7, 11) is 2.08. The lowest BCUT2D eigenvalue weighted by Gasteiger charge is -2.32. The fourth-order valence-corrected chi connectivity index (χ4v) is 2.27. The van der Waals surface area contributed by atoms with Gasteiger partial charge in [0.1, 0.15) is 11.6 Å². The largest absolute Gasteiger partial charge is 0.328 e. The number of aromatic nitrogens is 1. The number of likely N-dealkylation sites (tertiary alicyclic amines) is 1. The summed E-state index contributed by atoms with van der Waals surface area (Å²) in [6.45, 7) is 1.08. The van der Waals surface area contributed by atoms with Crippen LogP contribution < -0.4 is 5.56 Å². The lowest BCUT2D eigenvalue weighted by molar-refractivity contribution is 0.187. The number of aromatic amines is 1. The molecule has 1 aliphatic rings. The van der Waals surface area contributed by atoms with Crippen LogP contribution in [0.2, 0.25) is 0 Å². The van der Waals surface area contributed by atoms with E-state index >= 15 is 0 Å². The number of piperidine rings is 1. The van der Waals surface area contributed by atoms with Crippen LogP contribution >= 0.6 is 0 Å². The Morgan fingerprint density at radius 1 is 1.56 bits per heavy atom. The minimum atomic E-state index is -0.301. The molecule has 4 nitrogen and oxygen atoms in total. The molecule has 16 heavy (non-hydrogen) atoms. The van der Waals surface area contributed by atoms with Gasteiger partial charge in [0.15, 0.2) is 0 Å². The van der Waals surface area contributed by atoms with E-state index in [1.165, 1.54) is 12.8 Å². The van der Waals surface area contributed by atoms with Crippen LogP contribution in [0.4, 0.5) is 0 Å². The van der Waals surface area contributed by atoms with Crippen LogP contribution in [0.15, 0.2) is 17.1 Å². The molecule has 1 saturated heterocycles. The first-order chi connectivity index (χ1) is 7.72. The predicted octanol–water partition coefficient (Wildman–Crippen LogP) is 1.40. The maximum absolute atomic E-state index is 11.3. The molecule has 1 unspecified atom stereocenters. The number of pyridine rings is 1. The Morgan fingerprint density at radius 2 is 2.38 bits per heavy atom. The molecule has 1 fully saturated rings. The molecule has 1 aliphatic heterocycles. The Hall–Kier alpha value is -1.60. The Labute approximate surface area is 94.5 Å². The van der Waals surface area contributed by atoms with Crippen molar-refractivity contribution in [1.29, 1.82) is 5.26 Å². The lowest BCUT2D eigenvalue weighted by atomic mass is 9.96. The molecule has 84 valence electrons. The second kappa shape index (κ2) is 4.50. The van der Waals surface area contributed by atoms with Crippen molar-refractivity contribution in [2.75, 3.05) is 13.6 Å². The smallest absolute Gasteiger partial charge is 0.265 e. The van der Waals surface area contributed by atoms with Gasteiger partial charge >= 0.3 is 0 Å². The summed E-state index contributed by atoms with van der Waals surface area (Å²) in [5, 5.41) is 8.82. The highest BCUT2D eigenvalue weighted by atomic mass is 16.1. The zero-order valence-corrected chi connectivity index (χ0v) is 9.36. The first-order valence-electron chi connectivity index (χ1n) is 5.55. The summed E-state index contributed by atoms with van der Waals surface area (Å²) in [5.41, 5.74) is 0.944. The quantitative estimate of drug-likeness (QED) is 0.773. The van der Waals surface area contributed by atoms with E-state index in [2.05, 4.69) is 16.9 Å². The fourth-order valence-electron chi connectivity index (χ4n) is 2.27. The van der Waals surface area contributed by atoms with Gasteiger partial charge in [-0.05, 0) is 38.1 Å². The van der Waals surface area contributed by atoms with Crippen LogP contribution in [0.25, 0.3) is 0 Å². The van der Waals surface area contributed by atoms with Gasteiger partial charge in [-0.25, -0.2) is 0 Å². The van der Waals surface area contributed by atoms with Gasteiger partial charge in [0.05, 0.1) is 0 Å². The average Bonchev–Trinajstić information content (AvgIpc) is 2.31. The van der Waals surface area contributed by atoms with Crippen molar-refractivity contribution in [3.63, 3.8) is 0 Å². The van der Waals surface area contributed by atoms with Crippen molar-refractivity contribution >= 4 is 0 Å². The molecule has 0 spiro atoms. The van der Waals surface area contributed by atoms with E-state index in [0.717, 1.165) is 18.5 Å². The lowest BCUT2D eigenvalue weighted by Crippen LogP contribution is -2.30. The van der Waals surface area contributed by atoms with E-state index in [1.54, 1.807) is 12.3 Å². The molecule has 1 atom stereocenters. The highest BCUT2D eigenvalue weighted by molar-refractivity contribution is 5.30. The van der Waals surface area contributed by atoms with Crippen molar-refractivity contribution in [2.45, 2.75) is 25.3 Å². The standard InChI is InChI=1S/C12H15N3O/c1-15-5-3-2-4-11(15)10-6-9(7-13)12(16)14-8-10/h6,8,11H,2-5H2,1H3,(H,14,16). The molecular weight excluding hydrogens is 202 g/mol. The SMILES string of the molecule is CN1CCCCC1c1c[nH]c(=O)c(C#N)c1. The van der Waals surface area contributed by atoms with Gasteiger partial charge in [-0.15, -0.1) is 0 Å². The zero-order valence-electron chi connectivity index (χ0n) is 9.36. The minimum Gasteiger partial charge on any atom is -0.328 e. The predicted molar refractivity (Wildman–Crippen MR) is 61.0 cm³/mol. The summed E-state index contributed by atoms with van der Waals surface area (Å²) in [4.78, 5) is 16.2. The summed E-state index contributed by atoms with van der Waals surface area (Å²) >= 11 is 0. The highest BCUT2D eigenvalue weighted by Gasteiger charge is 2.21. The van der Waals surface area contributed by atoms with Gasteiger partial charge in [0.2, 0.25) is 0 Å². The van der Waals surface area contributed by atoms with Crippen LogP contribution in [-0.2, 0) is 0 Å². The van der Waals surface area contributed by atoms with Gasteiger partial charge in [-0.2, -0.15) is 5.26 Å². The van der Waals surface area contributed by atoms with Crippen LogP contribution in [0, 0.1) is 11.3 Å². The first-order valence-corrected chi connectivity index (χ1v) is 5.55. The van der Waals surface area contributed by atoms with Gasteiger partial charge < -0.3 is 4.98 Å². The van der Waals surface area contributed by atoms with E-state index in [0.29, 0.717) is 6.04 Å². The Morgan fingerprint density at radius 3 is 3.06 bits per heavy atom. The molecule has 0 saturated carbocycles. The number of nitriles is 1. The van der Waals surface area contributed by atoms with Crippen molar-refractivity contribution < 1.29 is 0 Å². The Kier molecular flexibility index (Phi) is 3.07. The third kappa shape index (κ3) is 2.00. The zero-order chi connectivity index (χ0) is 11.5.